The zero-order chi connectivity index (χ0) is 18.5. The first kappa shape index (κ1) is 17.6. The first-order valence-electron chi connectivity index (χ1n) is 7.69. The molecule has 2 aromatic carbocycles. The summed E-state index contributed by atoms with van der Waals surface area (Å²) in [6.07, 6.45) is 1.46. The van der Waals surface area contributed by atoms with Crippen molar-refractivity contribution in [2.75, 3.05) is 10.6 Å². The molecule has 0 aliphatic rings. The summed E-state index contributed by atoms with van der Waals surface area (Å²) in [5.41, 5.74) is 7.07. The van der Waals surface area contributed by atoms with Crippen molar-refractivity contribution in [3.63, 3.8) is 0 Å². The highest BCUT2D eigenvalue weighted by molar-refractivity contribution is 6.32. The van der Waals surface area contributed by atoms with E-state index in [1.807, 2.05) is 0 Å². The number of nitrogens with one attached hydrogen (secondary N) is 2. The molecular weight excluding hydrogens is 357 g/mol. The number of carbonyl (C=O) groups excluding carboxylic acids is 1. The number of anilines is 3. The number of benzene rings is 2. The van der Waals surface area contributed by atoms with Gasteiger partial charge in [0, 0.05) is 17.8 Å². The van der Waals surface area contributed by atoms with Crippen LogP contribution < -0.4 is 16.4 Å². The smallest absolute Gasteiger partial charge is 0.248 e. The first-order chi connectivity index (χ1) is 12.5. The maximum absolute atomic E-state index is 13.2. The zero-order valence-corrected chi connectivity index (χ0v) is 14.3. The highest BCUT2D eigenvalue weighted by Gasteiger charge is 2.07. The molecule has 3 rings (SSSR count). The van der Waals surface area contributed by atoms with E-state index < -0.39 is 5.91 Å². The average molecular weight is 372 g/mol. The van der Waals surface area contributed by atoms with Crippen molar-refractivity contribution in [2.45, 2.75) is 6.54 Å². The summed E-state index contributed by atoms with van der Waals surface area (Å²) in [4.78, 5) is 19.5. The van der Waals surface area contributed by atoms with E-state index in [1.165, 1.54) is 18.3 Å². The van der Waals surface area contributed by atoms with Crippen molar-refractivity contribution >= 4 is 35.0 Å². The Morgan fingerprint density at radius 2 is 1.96 bits per heavy atom. The van der Waals surface area contributed by atoms with Gasteiger partial charge < -0.3 is 16.4 Å². The highest BCUT2D eigenvalue weighted by Crippen LogP contribution is 2.22. The predicted molar refractivity (Wildman–Crippen MR) is 99.0 cm³/mol. The SMILES string of the molecule is NC(=O)c1ccc(Nc2ncc(Cl)c(NCc3cccc(F)c3)n2)cc1. The number of hydrogen-bond acceptors (Lipinski definition) is 5. The Bertz CT molecular complexity index is 933. The topological polar surface area (TPSA) is 92.9 Å². The van der Waals surface area contributed by atoms with Crippen LogP contribution >= 0.6 is 11.6 Å². The van der Waals surface area contributed by atoms with E-state index in [0.717, 1.165) is 5.56 Å². The number of hydrogen-bond donors (Lipinski definition) is 3. The molecule has 0 aliphatic carbocycles. The fraction of sp³-hybridized carbons (Fsp3) is 0.0556. The van der Waals surface area contributed by atoms with E-state index in [2.05, 4.69) is 20.6 Å². The molecule has 1 aromatic heterocycles. The third kappa shape index (κ3) is 4.46. The minimum Gasteiger partial charge on any atom is -0.366 e. The van der Waals surface area contributed by atoms with Crippen LogP contribution in [0.1, 0.15) is 15.9 Å². The van der Waals surface area contributed by atoms with Crippen LogP contribution in [0.4, 0.5) is 21.8 Å². The minimum absolute atomic E-state index is 0.306. The molecule has 0 saturated heterocycles. The van der Waals surface area contributed by atoms with Gasteiger partial charge in [-0.25, -0.2) is 9.37 Å². The lowest BCUT2D eigenvalue weighted by molar-refractivity contribution is 0.100. The van der Waals surface area contributed by atoms with Gasteiger partial charge in [-0.1, -0.05) is 23.7 Å². The van der Waals surface area contributed by atoms with Gasteiger partial charge in [-0.3, -0.25) is 4.79 Å². The van der Waals surface area contributed by atoms with E-state index in [1.54, 1.807) is 36.4 Å². The maximum atomic E-state index is 13.2. The number of primary amides is 1. The maximum Gasteiger partial charge on any atom is 0.248 e. The number of aromatic nitrogens is 2. The largest absolute Gasteiger partial charge is 0.366 e. The summed E-state index contributed by atoms with van der Waals surface area (Å²) in [5.74, 6) is -0.0619. The molecule has 0 saturated carbocycles. The zero-order valence-electron chi connectivity index (χ0n) is 13.5. The number of nitrogens with zero attached hydrogens (tertiary/aromatic N) is 2. The van der Waals surface area contributed by atoms with Crippen LogP contribution in [0.5, 0.6) is 0 Å². The second-order valence-corrected chi connectivity index (χ2v) is 5.85. The van der Waals surface area contributed by atoms with Gasteiger partial charge in [0.15, 0.2) is 5.82 Å². The summed E-state index contributed by atoms with van der Waals surface area (Å²) >= 11 is 6.11. The van der Waals surface area contributed by atoms with Crippen LogP contribution in [0.3, 0.4) is 0 Å². The second kappa shape index (κ2) is 7.79. The van der Waals surface area contributed by atoms with E-state index >= 15 is 0 Å². The highest BCUT2D eigenvalue weighted by atomic mass is 35.5. The Morgan fingerprint density at radius 1 is 1.19 bits per heavy atom. The van der Waals surface area contributed by atoms with Crippen molar-refractivity contribution < 1.29 is 9.18 Å². The lowest BCUT2D eigenvalue weighted by Gasteiger charge is -2.10. The van der Waals surface area contributed by atoms with Crippen molar-refractivity contribution in [2.24, 2.45) is 5.73 Å². The predicted octanol–water partition coefficient (Wildman–Crippen LogP) is 3.72. The number of nitrogens with two attached hydrogens (primary N) is 1. The Balaban J connectivity index is 1.71. The van der Waals surface area contributed by atoms with Crippen LogP contribution in [0.2, 0.25) is 5.02 Å². The fourth-order valence-electron chi connectivity index (χ4n) is 2.23. The molecule has 0 fully saturated rings. The van der Waals surface area contributed by atoms with Gasteiger partial charge in [-0.2, -0.15) is 4.98 Å². The lowest BCUT2D eigenvalue weighted by Crippen LogP contribution is -2.10. The first-order valence-corrected chi connectivity index (χ1v) is 8.07. The molecule has 0 aliphatic heterocycles. The molecule has 8 heteroatoms. The summed E-state index contributed by atoms with van der Waals surface area (Å²) in [6.45, 7) is 0.362. The molecule has 1 amide bonds. The number of amides is 1. The summed E-state index contributed by atoms with van der Waals surface area (Å²) in [6, 6.07) is 12.8. The van der Waals surface area contributed by atoms with Crippen LogP contribution in [0, 0.1) is 5.82 Å². The van der Waals surface area contributed by atoms with Crippen molar-refractivity contribution in [1.82, 2.24) is 9.97 Å². The molecule has 1 heterocycles. The van der Waals surface area contributed by atoms with E-state index in [4.69, 9.17) is 17.3 Å². The van der Waals surface area contributed by atoms with E-state index in [0.29, 0.717) is 34.6 Å². The van der Waals surface area contributed by atoms with Gasteiger partial charge in [0.25, 0.3) is 0 Å². The van der Waals surface area contributed by atoms with Crippen molar-refractivity contribution in [3.05, 3.63) is 76.7 Å². The summed E-state index contributed by atoms with van der Waals surface area (Å²) in [5, 5.41) is 6.41. The van der Waals surface area contributed by atoms with Crippen molar-refractivity contribution in [3.8, 4) is 0 Å². The second-order valence-electron chi connectivity index (χ2n) is 5.44. The van der Waals surface area contributed by atoms with Crippen LogP contribution in [-0.4, -0.2) is 15.9 Å². The van der Waals surface area contributed by atoms with Gasteiger partial charge in [-0.05, 0) is 42.0 Å². The van der Waals surface area contributed by atoms with Crippen molar-refractivity contribution in [1.29, 1.82) is 0 Å². The fourth-order valence-corrected chi connectivity index (χ4v) is 2.39. The molecule has 0 unspecified atom stereocenters. The molecule has 4 N–H and O–H groups in total. The van der Waals surface area contributed by atoms with E-state index in [9.17, 15) is 9.18 Å². The van der Waals surface area contributed by atoms with Crippen LogP contribution in [0.25, 0.3) is 0 Å². The molecule has 26 heavy (non-hydrogen) atoms. The average Bonchev–Trinajstić information content (AvgIpc) is 2.63. The minimum atomic E-state index is -0.497. The lowest BCUT2D eigenvalue weighted by atomic mass is 10.2. The molecule has 0 atom stereocenters. The molecule has 3 aromatic rings. The third-order valence-electron chi connectivity index (χ3n) is 3.52. The molecule has 0 radical (unpaired) electrons. The summed E-state index contributed by atoms with van der Waals surface area (Å²) in [7, 11) is 0. The monoisotopic (exact) mass is 371 g/mol. The molecule has 0 bridgehead atoms. The summed E-state index contributed by atoms with van der Waals surface area (Å²) < 4.78 is 13.2. The normalized spacial score (nSPS) is 10.4. The third-order valence-corrected chi connectivity index (χ3v) is 3.80. The standard InChI is InChI=1S/C18H15ClFN5O/c19-15-10-23-18(24-14-6-4-12(5-7-14)16(21)26)25-17(15)22-9-11-2-1-3-13(20)8-11/h1-8,10H,9H2,(H2,21,26)(H2,22,23,24,25). The van der Waals surface area contributed by atoms with Gasteiger partial charge in [-0.15, -0.1) is 0 Å². The Morgan fingerprint density at radius 3 is 2.65 bits per heavy atom. The molecule has 0 spiro atoms. The number of rotatable bonds is 6. The Kier molecular flexibility index (Phi) is 5.28. The van der Waals surface area contributed by atoms with Gasteiger partial charge in [0.1, 0.15) is 10.8 Å². The van der Waals surface area contributed by atoms with Crippen LogP contribution in [0.15, 0.2) is 54.7 Å². The Hall–Kier alpha value is -3.19. The van der Waals surface area contributed by atoms with E-state index in [-0.39, 0.29) is 5.82 Å². The quantitative estimate of drug-likeness (QED) is 0.614. The number of halogens is 2. The Labute approximate surface area is 154 Å². The van der Waals surface area contributed by atoms with Gasteiger partial charge in [0.2, 0.25) is 11.9 Å². The van der Waals surface area contributed by atoms with Crippen LogP contribution in [-0.2, 0) is 6.54 Å². The molecule has 132 valence electrons. The molecular formula is C18H15ClFN5O. The molecule has 6 nitrogen and oxygen atoms in total. The van der Waals surface area contributed by atoms with Gasteiger partial charge >= 0.3 is 0 Å². The number of carbonyl (C=O) groups is 1. The van der Waals surface area contributed by atoms with Gasteiger partial charge in [0.05, 0.1) is 6.20 Å².